The second kappa shape index (κ2) is 3.84. The summed E-state index contributed by atoms with van der Waals surface area (Å²) in [4.78, 5) is -0.600. The van der Waals surface area contributed by atoms with E-state index in [0.29, 0.717) is 0 Å². The van der Waals surface area contributed by atoms with Crippen LogP contribution in [0, 0.1) is 5.82 Å². The van der Waals surface area contributed by atoms with Gasteiger partial charge in [0.15, 0.2) is 11.6 Å². The highest BCUT2D eigenvalue weighted by molar-refractivity contribution is 9.10. The second-order valence-corrected chi connectivity index (χ2v) is 4.79. The maximum atomic E-state index is 13.4. The van der Waals surface area contributed by atoms with Crippen molar-refractivity contribution in [2.75, 3.05) is 7.11 Å². The highest BCUT2D eigenvalue weighted by Gasteiger charge is 2.21. The van der Waals surface area contributed by atoms with Crippen LogP contribution in [0.3, 0.4) is 0 Å². The Kier molecular flexibility index (Phi) is 3.13. The van der Waals surface area contributed by atoms with Gasteiger partial charge in [-0.2, -0.15) is 0 Å². The maximum absolute atomic E-state index is 13.4. The van der Waals surface area contributed by atoms with Gasteiger partial charge in [-0.1, -0.05) is 0 Å². The van der Waals surface area contributed by atoms with Crippen LogP contribution in [0.4, 0.5) is 4.39 Å². The van der Waals surface area contributed by atoms with Gasteiger partial charge in [-0.05, 0) is 28.1 Å². The molecule has 1 aromatic carbocycles. The molecule has 0 saturated carbocycles. The Bertz CT molecular complexity index is 460. The van der Waals surface area contributed by atoms with Gasteiger partial charge in [-0.3, -0.25) is 0 Å². The fourth-order valence-electron chi connectivity index (χ4n) is 0.933. The quantitative estimate of drug-likeness (QED) is 0.888. The first-order valence-corrected chi connectivity index (χ1v) is 5.76. The first-order valence-electron chi connectivity index (χ1n) is 3.42. The van der Waals surface area contributed by atoms with E-state index in [0.717, 1.165) is 0 Å². The summed E-state index contributed by atoms with van der Waals surface area (Å²) in [5.74, 6) is -1.17. The number of benzene rings is 1. The largest absolute Gasteiger partial charge is 0.494 e. The number of methoxy groups -OCH3 is 1. The topological polar surface area (TPSA) is 69.4 Å². The van der Waals surface area contributed by atoms with Crippen molar-refractivity contribution < 1.29 is 17.5 Å². The van der Waals surface area contributed by atoms with E-state index in [9.17, 15) is 12.8 Å². The summed E-state index contributed by atoms with van der Waals surface area (Å²) in [5, 5.41) is 4.83. The van der Waals surface area contributed by atoms with E-state index in [2.05, 4.69) is 20.7 Å². The zero-order valence-corrected chi connectivity index (χ0v) is 9.52. The average Bonchev–Trinajstić information content (AvgIpc) is 2.02. The molecule has 0 heterocycles. The number of halogens is 2. The van der Waals surface area contributed by atoms with Gasteiger partial charge in [0.25, 0.3) is 0 Å². The van der Waals surface area contributed by atoms with Crippen LogP contribution in [0.2, 0.25) is 0 Å². The van der Waals surface area contributed by atoms with E-state index in [1.54, 1.807) is 0 Å². The molecule has 78 valence electrons. The molecule has 0 aliphatic carbocycles. The number of hydrogen-bond donors (Lipinski definition) is 1. The predicted octanol–water partition coefficient (Wildman–Crippen LogP) is 1.24. The third-order valence-corrected chi connectivity index (χ3v) is 3.41. The molecule has 0 spiro atoms. The molecule has 0 radical (unpaired) electrons. The van der Waals surface area contributed by atoms with E-state index >= 15 is 0 Å². The number of sulfonamides is 1. The Hall–Kier alpha value is -0.660. The summed E-state index contributed by atoms with van der Waals surface area (Å²) < 4.78 is 40.1. The van der Waals surface area contributed by atoms with Crippen LogP contribution in [0.5, 0.6) is 5.75 Å². The molecule has 0 fully saturated rings. The molecule has 2 N–H and O–H groups in total. The highest BCUT2D eigenvalue weighted by atomic mass is 79.9. The number of primary sulfonamides is 1. The summed E-state index contributed by atoms with van der Waals surface area (Å²) in [6.07, 6.45) is 0. The molecule has 0 aliphatic rings. The van der Waals surface area contributed by atoms with Crippen molar-refractivity contribution in [1.29, 1.82) is 0 Å². The van der Waals surface area contributed by atoms with Crippen molar-refractivity contribution in [3.63, 3.8) is 0 Å². The molecular formula is C7H7BrFNO3S. The zero-order chi connectivity index (χ0) is 10.9. The smallest absolute Gasteiger partial charge is 0.242 e. The first kappa shape index (κ1) is 11.4. The monoisotopic (exact) mass is 283 g/mol. The lowest BCUT2D eigenvalue weighted by molar-refractivity contribution is 0.380. The number of ether oxygens (including phenoxy) is 1. The minimum Gasteiger partial charge on any atom is -0.494 e. The van der Waals surface area contributed by atoms with Crippen molar-refractivity contribution in [2.24, 2.45) is 5.14 Å². The van der Waals surface area contributed by atoms with Gasteiger partial charge in [0.2, 0.25) is 10.0 Å². The molecular weight excluding hydrogens is 277 g/mol. The Morgan fingerprint density at radius 1 is 1.50 bits per heavy atom. The van der Waals surface area contributed by atoms with Gasteiger partial charge in [-0.15, -0.1) is 0 Å². The van der Waals surface area contributed by atoms with Gasteiger partial charge in [0.1, 0.15) is 4.90 Å². The van der Waals surface area contributed by atoms with E-state index in [1.165, 1.54) is 19.2 Å². The molecule has 0 saturated heterocycles. The molecule has 1 rings (SSSR count). The molecule has 0 amide bonds. The Morgan fingerprint density at radius 3 is 2.50 bits per heavy atom. The number of nitrogens with two attached hydrogens (primary N) is 1. The average molecular weight is 284 g/mol. The van der Waals surface area contributed by atoms with Gasteiger partial charge in [-0.25, -0.2) is 17.9 Å². The van der Waals surface area contributed by atoms with E-state index in [-0.39, 0.29) is 10.2 Å². The second-order valence-electron chi connectivity index (χ2n) is 2.44. The first-order chi connectivity index (χ1) is 6.38. The molecule has 0 unspecified atom stereocenters. The van der Waals surface area contributed by atoms with Crippen LogP contribution in [-0.2, 0) is 10.0 Å². The van der Waals surface area contributed by atoms with Crippen LogP contribution >= 0.6 is 15.9 Å². The van der Waals surface area contributed by atoms with Crippen LogP contribution < -0.4 is 9.88 Å². The van der Waals surface area contributed by atoms with Crippen molar-refractivity contribution in [1.82, 2.24) is 0 Å². The number of rotatable bonds is 2. The minimum absolute atomic E-state index is 0.0679. The normalized spacial score (nSPS) is 11.4. The predicted molar refractivity (Wildman–Crippen MR) is 52.0 cm³/mol. The van der Waals surface area contributed by atoms with E-state index in [1.807, 2.05) is 0 Å². The van der Waals surface area contributed by atoms with Crippen LogP contribution in [0.25, 0.3) is 0 Å². The van der Waals surface area contributed by atoms with Gasteiger partial charge >= 0.3 is 0 Å². The van der Waals surface area contributed by atoms with Crippen LogP contribution in [0.1, 0.15) is 0 Å². The molecule has 14 heavy (non-hydrogen) atoms. The fourth-order valence-corrected chi connectivity index (χ4v) is 2.61. The van der Waals surface area contributed by atoms with Crippen LogP contribution in [0.15, 0.2) is 21.5 Å². The summed E-state index contributed by atoms with van der Waals surface area (Å²) >= 11 is 2.89. The summed E-state index contributed by atoms with van der Waals surface area (Å²) in [6.45, 7) is 0. The molecule has 0 bridgehead atoms. The molecule has 1 aromatic rings. The Labute approximate surface area is 89.0 Å². The Morgan fingerprint density at radius 2 is 2.07 bits per heavy atom. The van der Waals surface area contributed by atoms with E-state index in [4.69, 9.17) is 5.14 Å². The molecule has 7 heteroatoms. The lowest BCUT2D eigenvalue weighted by atomic mass is 10.3. The van der Waals surface area contributed by atoms with Crippen molar-refractivity contribution in [3.05, 3.63) is 22.4 Å². The SMILES string of the molecule is COc1ccc(Br)c(S(N)(=O)=O)c1F. The van der Waals surface area contributed by atoms with Gasteiger partial charge < -0.3 is 4.74 Å². The van der Waals surface area contributed by atoms with Crippen molar-refractivity contribution >= 4 is 26.0 Å². The third kappa shape index (κ3) is 2.05. The molecule has 0 aliphatic heterocycles. The standard InChI is InChI=1S/C7H7BrFNO3S/c1-13-5-3-2-4(8)7(6(5)9)14(10,11)12/h2-3H,1H3,(H2,10,11,12). The van der Waals surface area contributed by atoms with E-state index < -0.39 is 20.7 Å². The lowest BCUT2D eigenvalue weighted by Crippen LogP contribution is -2.15. The van der Waals surface area contributed by atoms with Gasteiger partial charge in [0.05, 0.1) is 7.11 Å². The Balaban J connectivity index is 3.57. The van der Waals surface area contributed by atoms with Crippen molar-refractivity contribution in [2.45, 2.75) is 4.90 Å². The molecule has 0 aromatic heterocycles. The van der Waals surface area contributed by atoms with Crippen molar-refractivity contribution in [3.8, 4) is 5.75 Å². The third-order valence-electron chi connectivity index (χ3n) is 1.52. The lowest BCUT2D eigenvalue weighted by Gasteiger charge is -2.07. The number of hydrogen-bond acceptors (Lipinski definition) is 3. The summed E-state index contributed by atoms with van der Waals surface area (Å²) in [5.41, 5.74) is 0. The zero-order valence-electron chi connectivity index (χ0n) is 7.12. The molecule has 4 nitrogen and oxygen atoms in total. The summed E-state index contributed by atoms with van der Waals surface area (Å²) in [7, 11) is -2.86. The van der Waals surface area contributed by atoms with Crippen LogP contribution in [-0.4, -0.2) is 15.5 Å². The highest BCUT2D eigenvalue weighted by Crippen LogP contribution is 2.29. The van der Waals surface area contributed by atoms with Gasteiger partial charge in [0, 0.05) is 4.47 Å². The fraction of sp³-hybridized carbons (Fsp3) is 0.143. The minimum atomic E-state index is -4.10. The maximum Gasteiger partial charge on any atom is 0.242 e. The molecule has 0 atom stereocenters. The summed E-state index contributed by atoms with van der Waals surface area (Å²) in [6, 6.07) is 2.65.